The van der Waals surface area contributed by atoms with Crippen LogP contribution in [0, 0.1) is 5.41 Å². The first kappa shape index (κ1) is 23.8. The van der Waals surface area contributed by atoms with E-state index in [4.69, 9.17) is 4.98 Å². The number of halogens is 1. The first-order valence-electron chi connectivity index (χ1n) is 10.8. The molecule has 1 aromatic carbocycles. The van der Waals surface area contributed by atoms with Gasteiger partial charge in [-0.25, -0.2) is 9.67 Å². The number of carbonyl (C=O) groups is 1. The van der Waals surface area contributed by atoms with E-state index in [1.165, 1.54) is 0 Å². The fraction of sp³-hybridized carbons (Fsp3) is 0.455. The van der Waals surface area contributed by atoms with Crippen molar-refractivity contribution >= 4 is 49.9 Å². The van der Waals surface area contributed by atoms with Crippen LogP contribution in [-0.4, -0.2) is 52.8 Å². The van der Waals surface area contributed by atoms with Gasteiger partial charge in [0.15, 0.2) is 5.65 Å². The van der Waals surface area contributed by atoms with Gasteiger partial charge in [-0.3, -0.25) is 9.00 Å². The third kappa shape index (κ3) is 4.95. The van der Waals surface area contributed by atoms with Crippen LogP contribution in [0.2, 0.25) is 0 Å². The number of anilines is 1. The minimum atomic E-state index is -2.13. The molecule has 0 aliphatic heterocycles. The Kier molecular flexibility index (Phi) is 6.83. The Labute approximate surface area is 203 Å². The van der Waals surface area contributed by atoms with Gasteiger partial charge in [0.2, 0.25) is 11.9 Å². The molecule has 3 aromatic rings. The number of aromatic nitrogens is 4. The average Bonchev–Trinajstić information content (AvgIpc) is 3.33. The first-order valence-corrected chi connectivity index (χ1v) is 12.7. The second-order valence-electron chi connectivity index (χ2n) is 8.80. The van der Waals surface area contributed by atoms with Gasteiger partial charge in [-0.1, -0.05) is 37.1 Å². The Balaban J connectivity index is 1.61. The van der Waals surface area contributed by atoms with E-state index in [0.717, 1.165) is 29.5 Å². The molecule has 1 fully saturated rings. The summed E-state index contributed by atoms with van der Waals surface area (Å²) in [6.45, 7) is 3.67. The molecule has 1 amide bonds. The summed E-state index contributed by atoms with van der Waals surface area (Å²) in [5.74, 6) is 0.536. The average molecular weight is 534 g/mol. The van der Waals surface area contributed by atoms with E-state index in [2.05, 4.69) is 36.6 Å². The van der Waals surface area contributed by atoms with Crippen molar-refractivity contribution in [2.24, 2.45) is 5.41 Å². The van der Waals surface area contributed by atoms with Gasteiger partial charge in [0, 0.05) is 30.0 Å². The summed E-state index contributed by atoms with van der Waals surface area (Å²) in [6, 6.07) is 7.71. The Morgan fingerprint density at radius 1 is 1.45 bits per heavy atom. The number of rotatable bonds is 7. The predicted octanol–water partition coefficient (Wildman–Crippen LogP) is 3.10. The Morgan fingerprint density at radius 2 is 2.24 bits per heavy atom. The third-order valence-electron chi connectivity index (χ3n) is 6.24. The number of nitrogens with zero attached hydrogens (tertiary/aromatic N) is 4. The highest BCUT2D eigenvalue weighted by atomic mass is 79.9. The first-order chi connectivity index (χ1) is 15.7. The number of benzene rings is 1. The van der Waals surface area contributed by atoms with Gasteiger partial charge in [-0.05, 0) is 59.3 Å². The molecule has 11 heteroatoms. The molecular weight excluding hydrogens is 508 g/mol. The molecule has 2 N–H and O–H groups in total. The molecule has 0 saturated heterocycles. The van der Waals surface area contributed by atoms with Gasteiger partial charge >= 0.3 is 0 Å². The molecule has 176 valence electrons. The van der Waals surface area contributed by atoms with Crippen LogP contribution in [0.4, 0.5) is 5.95 Å². The highest BCUT2D eigenvalue weighted by molar-refractivity contribution is 9.10. The van der Waals surface area contributed by atoms with Crippen molar-refractivity contribution in [3.8, 4) is 5.69 Å². The lowest BCUT2D eigenvalue weighted by Crippen LogP contribution is -2.35. The number of hydrogen-bond donors (Lipinski definition) is 2. The topological polar surface area (TPSA) is 125 Å². The highest BCUT2D eigenvalue weighted by Gasteiger charge is 2.40. The van der Waals surface area contributed by atoms with Crippen molar-refractivity contribution in [2.75, 3.05) is 12.4 Å². The molecule has 1 saturated carbocycles. The van der Waals surface area contributed by atoms with E-state index in [1.54, 1.807) is 24.9 Å². The lowest BCUT2D eigenvalue weighted by Gasteiger charge is -2.22. The van der Waals surface area contributed by atoms with Crippen LogP contribution in [0.25, 0.3) is 16.7 Å². The number of hydrogen-bond acceptors (Lipinski definition) is 7. The number of carbonyl (C=O) groups excluding carboxylic acids is 1. The minimum absolute atomic E-state index is 0.0557. The lowest BCUT2D eigenvalue weighted by atomic mass is 9.87. The summed E-state index contributed by atoms with van der Waals surface area (Å²) in [4.78, 5) is 21.4. The van der Waals surface area contributed by atoms with Gasteiger partial charge in [-0.15, -0.1) is 0 Å². The normalized spacial score (nSPS) is 22.3. The smallest absolute Gasteiger partial charge is 0.225 e. The summed E-state index contributed by atoms with van der Waals surface area (Å²) in [5, 5.41) is 11.0. The van der Waals surface area contributed by atoms with Gasteiger partial charge in [0.1, 0.15) is 4.60 Å². The van der Waals surface area contributed by atoms with Crippen LogP contribution in [0.3, 0.4) is 0 Å². The van der Waals surface area contributed by atoms with Crippen molar-refractivity contribution in [3.63, 3.8) is 0 Å². The predicted molar refractivity (Wildman–Crippen MR) is 130 cm³/mol. The molecule has 2 unspecified atom stereocenters. The van der Waals surface area contributed by atoms with E-state index >= 15 is 0 Å². The monoisotopic (exact) mass is 533 g/mol. The second-order valence-corrected chi connectivity index (χ2v) is 10.9. The van der Waals surface area contributed by atoms with Crippen LogP contribution < -0.4 is 10.6 Å². The standard InChI is InChI=1S/C22H27BrN6O3S/c1-13(33(31)32)9-14-5-4-6-16(10-14)29-19-17(18(23)28-29)12-25-21(27-19)26-15-7-8-22(2,11-15)20(30)24-3/h4-6,10,12-13,15H,7-9,11H2,1-3H3,(H,24,30)(H,31,32)(H,25,26,27)/p-1/t13?,15-,22-/m1/s1. The third-order valence-corrected chi connectivity index (χ3v) is 7.65. The minimum Gasteiger partial charge on any atom is -0.772 e. The molecule has 4 atom stereocenters. The fourth-order valence-electron chi connectivity index (χ4n) is 4.39. The summed E-state index contributed by atoms with van der Waals surface area (Å²) in [7, 11) is 1.67. The van der Waals surface area contributed by atoms with Crippen molar-refractivity contribution < 1.29 is 13.6 Å². The maximum atomic E-state index is 12.2. The Bertz CT molecular complexity index is 1220. The molecule has 1 aliphatic carbocycles. The lowest BCUT2D eigenvalue weighted by molar-refractivity contribution is -0.129. The van der Waals surface area contributed by atoms with Gasteiger partial charge in [0.05, 0.1) is 11.1 Å². The summed E-state index contributed by atoms with van der Waals surface area (Å²) < 4.78 is 24.8. The molecule has 4 rings (SSSR count). The zero-order chi connectivity index (χ0) is 23.8. The van der Waals surface area contributed by atoms with Gasteiger partial charge in [0.25, 0.3) is 0 Å². The molecule has 33 heavy (non-hydrogen) atoms. The maximum absolute atomic E-state index is 12.2. The number of nitrogens with one attached hydrogen (secondary N) is 2. The summed E-state index contributed by atoms with van der Waals surface area (Å²) in [6.07, 6.45) is 4.50. The van der Waals surface area contributed by atoms with Crippen LogP contribution in [0.5, 0.6) is 0 Å². The van der Waals surface area contributed by atoms with Gasteiger partial charge in [-0.2, -0.15) is 10.1 Å². The van der Waals surface area contributed by atoms with E-state index in [9.17, 15) is 13.6 Å². The van der Waals surface area contributed by atoms with Crippen LogP contribution in [0.15, 0.2) is 35.1 Å². The molecule has 2 aromatic heterocycles. The molecular formula is C22H26BrN6O3S-. The second kappa shape index (κ2) is 9.47. The Morgan fingerprint density at radius 3 is 2.97 bits per heavy atom. The quantitative estimate of drug-likeness (QED) is 0.447. The molecule has 0 spiro atoms. The van der Waals surface area contributed by atoms with Gasteiger partial charge < -0.3 is 15.2 Å². The molecule has 1 aliphatic rings. The van der Waals surface area contributed by atoms with Crippen molar-refractivity contribution in [3.05, 3.63) is 40.6 Å². The van der Waals surface area contributed by atoms with E-state index < -0.39 is 21.7 Å². The largest absolute Gasteiger partial charge is 0.772 e. The maximum Gasteiger partial charge on any atom is 0.225 e. The van der Waals surface area contributed by atoms with E-state index in [-0.39, 0.29) is 11.9 Å². The molecule has 0 radical (unpaired) electrons. The van der Waals surface area contributed by atoms with E-state index in [1.807, 2.05) is 31.2 Å². The van der Waals surface area contributed by atoms with Crippen molar-refractivity contribution in [1.29, 1.82) is 0 Å². The summed E-state index contributed by atoms with van der Waals surface area (Å²) in [5.41, 5.74) is 1.91. The Hall–Kier alpha value is -2.37. The van der Waals surface area contributed by atoms with E-state index in [0.29, 0.717) is 29.0 Å². The number of fused-ring (bicyclic) bond motifs is 1. The van der Waals surface area contributed by atoms with Crippen molar-refractivity contribution in [2.45, 2.75) is 50.8 Å². The fourth-order valence-corrected chi connectivity index (χ4v) is 5.15. The zero-order valence-corrected chi connectivity index (χ0v) is 21.1. The van der Waals surface area contributed by atoms with Crippen LogP contribution in [-0.2, 0) is 22.3 Å². The SMILES string of the molecule is CNC(=O)[C@]1(C)CC[C@@H](Nc2ncc3c(Br)nn(-c4cccc(CC(C)S(=O)[O-])c4)c3n2)C1. The highest BCUT2D eigenvalue weighted by Crippen LogP contribution is 2.39. The zero-order valence-electron chi connectivity index (χ0n) is 18.7. The molecule has 2 heterocycles. The molecule has 9 nitrogen and oxygen atoms in total. The van der Waals surface area contributed by atoms with Crippen LogP contribution >= 0.6 is 15.9 Å². The summed E-state index contributed by atoms with van der Waals surface area (Å²) >= 11 is 1.36. The number of amides is 1. The van der Waals surface area contributed by atoms with Crippen molar-refractivity contribution in [1.82, 2.24) is 25.1 Å². The molecule has 0 bridgehead atoms. The van der Waals surface area contributed by atoms with Crippen LogP contribution in [0.1, 0.15) is 38.7 Å².